The van der Waals surface area contributed by atoms with E-state index < -0.39 is 11.7 Å². The molecule has 31 heavy (non-hydrogen) atoms. The number of aromatic amines is 1. The van der Waals surface area contributed by atoms with Crippen molar-refractivity contribution in [3.63, 3.8) is 0 Å². The molecule has 2 atom stereocenters. The smallest absolute Gasteiger partial charge is 0.268 e. The number of carbonyl (C=O) groups excluding carboxylic acids is 1. The minimum atomic E-state index is -0.700. The average Bonchev–Trinajstić information content (AvgIpc) is 2.76. The summed E-state index contributed by atoms with van der Waals surface area (Å²) in [6.45, 7) is 2.64. The van der Waals surface area contributed by atoms with Crippen LogP contribution >= 0.6 is 11.6 Å². The molecule has 3 heterocycles. The maximum Gasteiger partial charge on any atom is 0.268 e. The summed E-state index contributed by atoms with van der Waals surface area (Å²) in [5.41, 5.74) is 6.46. The van der Waals surface area contributed by atoms with E-state index in [1.165, 1.54) is 31.5 Å². The van der Waals surface area contributed by atoms with Crippen molar-refractivity contribution in [2.75, 3.05) is 13.7 Å². The fourth-order valence-corrected chi connectivity index (χ4v) is 3.56. The first-order chi connectivity index (χ1) is 14.8. The van der Waals surface area contributed by atoms with Gasteiger partial charge in [-0.1, -0.05) is 17.7 Å². The zero-order chi connectivity index (χ0) is 22.5. The third-order valence-corrected chi connectivity index (χ3v) is 5.37. The van der Waals surface area contributed by atoms with Gasteiger partial charge in [0.2, 0.25) is 0 Å². The molecule has 164 valence electrons. The Labute approximate surface area is 183 Å². The van der Waals surface area contributed by atoms with E-state index in [1.807, 2.05) is 6.92 Å². The molecule has 2 aromatic heterocycles. The van der Waals surface area contributed by atoms with Gasteiger partial charge in [-0.2, -0.15) is 0 Å². The first-order valence-corrected chi connectivity index (χ1v) is 10.1. The van der Waals surface area contributed by atoms with Crippen LogP contribution in [0.15, 0.2) is 41.3 Å². The number of carbonyl (C=O) groups is 1. The van der Waals surface area contributed by atoms with Crippen LogP contribution in [0.2, 0.25) is 5.02 Å². The van der Waals surface area contributed by atoms with Gasteiger partial charge in [0.1, 0.15) is 5.69 Å². The maximum atomic E-state index is 12.7. The summed E-state index contributed by atoms with van der Waals surface area (Å²) in [4.78, 5) is 30.8. The average molecular weight is 448 g/mol. The second-order valence-electron chi connectivity index (χ2n) is 7.21. The Morgan fingerprint density at radius 1 is 1.35 bits per heavy atom. The van der Waals surface area contributed by atoms with Gasteiger partial charge in [-0.05, 0) is 38.0 Å². The number of fused-ring (bicyclic) bond motifs is 1. The van der Waals surface area contributed by atoms with Gasteiger partial charge < -0.3 is 20.2 Å². The van der Waals surface area contributed by atoms with Gasteiger partial charge in [0.05, 0.1) is 35.7 Å². The number of rotatable bonds is 3. The molecule has 1 amide bonds. The van der Waals surface area contributed by atoms with Crippen LogP contribution in [0, 0.1) is 5.82 Å². The molecule has 2 unspecified atom stereocenters. The second kappa shape index (κ2) is 9.89. The third-order valence-electron chi connectivity index (χ3n) is 5.08. The van der Waals surface area contributed by atoms with Crippen LogP contribution in [0.25, 0.3) is 10.9 Å². The highest BCUT2D eigenvalue weighted by Gasteiger charge is 2.22. The van der Waals surface area contributed by atoms with Crippen LogP contribution < -0.4 is 15.9 Å². The molecule has 1 aliphatic rings. The van der Waals surface area contributed by atoms with Crippen molar-refractivity contribution in [1.82, 2.24) is 9.97 Å². The number of hydrogen-bond donors (Lipinski definition) is 2. The standard InChI is InChI=1S/C15H17N3O3.C7H6ClFO/c1-8-2-3-9(7-21-8)11-6-12(19)13-10(18-11)4-5-17-14(13)15(16)20;1-10-6-4-2-3-5(8)7(6)9/h4-6,8-9H,2-3,7H2,1H3,(H2,16,20)(H,18,19);2-4H,1H3. The van der Waals surface area contributed by atoms with Gasteiger partial charge in [0.25, 0.3) is 5.91 Å². The molecule has 3 N–H and O–H groups in total. The van der Waals surface area contributed by atoms with E-state index in [4.69, 9.17) is 22.1 Å². The maximum absolute atomic E-state index is 12.7. The van der Waals surface area contributed by atoms with Crippen LogP contribution in [0.5, 0.6) is 5.75 Å². The summed E-state index contributed by atoms with van der Waals surface area (Å²) < 4.78 is 23.1. The number of H-pyrrole nitrogens is 1. The molecule has 7 nitrogen and oxygen atoms in total. The summed E-state index contributed by atoms with van der Waals surface area (Å²) >= 11 is 5.44. The molecule has 9 heteroatoms. The number of ether oxygens (including phenoxy) is 2. The van der Waals surface area contributed by atoms with Crippen LogP contribution in [0.3, 0.4) is 0 Å². The molecule has 1 fully saturated rings. The predicted octanol–water partition coefficient (Wildman–Crippen LogP) is 3.79. The molecule has 3 aromatic rings. The van der Waals surface area contributed by atoms with Crippen molar-refractivity contribution in [3.8, 4) is 5.75 Å². The van der Waals surface area contributed by atoms with E-state index in [0.717, 1.165) is 18.5 Å². The number of benzene rings is 1. The lowest BCUT2D eigenvalue weighted by Gasteiger charge is -2.27. The summed E-state index contributed by atoms with van der Waals surface area (Å²) in [7, 11) is 1.40. The van der Waals surface area contributed by atoms with E-state index in [-0.39, 0.29) is 39.3 Å². The Morgan fingerprint density at radius 2 is 2.13 bits per heavy atom. The number of pyridine rings is 2. The fourth-order valence-electron chi connectivity index (χ4n) is 3.40. The number of nitrogens with one attached hydrogen (secondary N) is 1. The summed E-state index contributed by atoms with van der Waals surface area (Å²) in [6, 6.07) is 7.82. The topological polar surface area (TPSA) is 107 Å². The van der Waals surface area contributed by atoms with E-state index in [2.05, 4.69) is 14.7 Å². The summed E-state index contributed by atoms with van der Waals surface area (Å²) in [5, 5.41) is 0.332. The van der Waals surface area contributed by atoms with Crippen molar-refractivity contribution >= 4 is 28.4 Å². The number of amides is 1. The monoisotopic (exact) mass is 447 g/mol. The molecule has 0 spiro atoms. The van der Waals surface area contributed by atoms with E-state index in [0.29, 0.717) is 12.1 Å². The van der Waals surface area contributed by atoms with E-state index >= 15 is 0 Å². The molecule has 1 aromatic carbocycles. The summed E-state index contributed by atoms with van der Waals surface area (Å²) in [6.07, 6.45) is 3.67. The Balaban J connectivity index is 0.000000229. The molecule has 0 bridgehead atoms. The van der Waals surface area contributed by atoms with E-state index in [9.17, 15) is 14.0 Å². The van der Waals surface area contributed by atoms with Gasteiger partial charge in [-0.15, -0.1) is 0 Å². The number of methoxy groups -OCH3 is 1. The number of nitrogens with two attached hydrogens (primary N) is 1. The lowest BCUT2D eigenvalue weighted by molar-refractivity contribution is 0.0147. The van der Waals surface area contributed by atoms with Crippen LogP contribution in [0.1, 0.15) is 41.9 Å². The number of nitrogens with zero attached hydrogens (tertiary/aromatic N) is 1. The van der Waals surface area contributed by atoms with Crippen molar-refractivity contribution < 1.29 is 18.7 Å². The minimum absolute atomic E-state index is 0.00816. The Kier molecular flexibility index (Phi) is 7.25. The molecule has 4 rings (SSSR count). The fraction of sp³-hybridized carbons (Fsp3) is 0.318. The van der Waals surface area contributed by atoms with Gasteiger partial charge in [0, 0.05) is 23.9 Å². The quantitative estimate of drug-likeness (QED) is 0.635. The normalized spacial score (nSPS) is 18.2. The van der Waals surface area contributed by atoms with Crippen LogP contribution in [-0.4, -0.2) is 35.7 Å². The predicted molar refractivity (Wildman–Crippen MR) is 116 cm³/mol. The van der Waals surface area contributed by atoms with Gasteiger partial charge >= 0.3 is 0 Å². The van der Waals surface area contributed by atoms with Crippen molar-refractivity contribution in [1.29, 1.82) is 0 Å². The number of hydrogen-bond acceptors (Lipinski definition) is 5. The number of aromatic nitrogens is 2. The molecular formula is C22H23ClFN3O4. The Bertz CT molecular complexity index is 1140. The van der Waals surface area contributed by atoms with Crippen LogP contribution in [-0.2, 0) is 4.74 Å². The van der Waals surface area contributed by atoms with Gasteiger partial charge in [-0.25, -0.2) is 4.39 Å². The Morgan fingerprint density at radius 3 is 2.74 bits per heavy atom. The molecule has 1 saturated heterocycles. The summed E-state index contributed by atoms with van der Waals surface area (Å²) in [5.74, 6) is -0.865. The highest BCUT2D eigenvalue weighted by atomic mass is 35.5. The van der Waals surface area contributed by atoms with E-state index in [1.54, 1.807) is 12.1 Å². The van der Waals surface area contributed by atoms with Gasteiger partial charge in [0.15, 0.2) is 17.0 Å². The largest absolute Gasteiger partial charge is 0.494 e. The highest BCUT2D eigenvalue weighted by molar-refractivity contribution is 6.30. The highest BCUT2D eigenvalue weighted by Crippen LogP contribution is 2.27. The Hall–Kier alpha value is -2.97. The molecule has 0 aliphatic carbocycles. The molecule has 1 aliphatic heterocycles. The van der Waals surface area contributed by atoms with Gasteiger partial charge in [-0.3, -0.25) is 14.6 Å². The van der Waals surface area contributed by atoms with Crippen molar-refractivity contribution in [2.45, 2.75) is 31.8 Å². The molecule has 0 saturated carbocycles. The lowest BCUT2D eigenvalue weighted by atomic mass is 9.95. The molecule has 0 radical (unpaired) electrons. The number of primary amides is 1. The number of halogens is 2. The van der Waals surface area contributed by atoms with Crippen molar-refractivity contribution in [2.24, 2.45) is 5.73 Å². The van der Waals surface area contributed by atoms with Crippen LogP contribution in [0.4, 0.5) is 4.39 Å². The minimum Gasteiger partial charge on any atom is -0.494 e. The second-order valence-corrected chi connectivity index (χ2v) is 7.62. The molecular weight excluding hydrogens is 425 g/mol. The lowest BCUT2D eigenvalue weighted by Crippen LogP contribution is -2.24. The zero-order valence-electron chi connectivity index (χ0n) is 17.2. The zero-order valence-corrected chi connectivity index (χ0v) is 17.9. The van der Waals surface area contributed by atoms with Crippen molar-refractivity contribution in [3.05, 3.63) is 69.0 Å². The first kappa shape index (κ1) is 22.7. The SMILES string of the molecule is CC1CCC(c2cc(=O)c3c(C(N)=O)nccc3[nH]2)CO1.COc1cccc(Cl)c1F. The first-order valence-electron chi connectivity index (χ1n) is 9.73. The third kappa shape index (κ3) is 5.21.